The van der Waals surface area contributed by atoms with Crippen LogP contribution in [0.15, 0.2) is 54.6 Å². The van der Waals surface area contributed by atoms with E-state index in [1.807, 2.05) is 0 Å². The second-order valence-electron chi connectivity index (χ2n) is 8.35. The summed E-state index contributed by atoms with van der Waals surface area (Å²) in [6, 6.07) is 12.2. The predicted octanol–water partition coefficient (Wildman–Crippen LogP) is 2.11. The summed E-state index contributed by atoms with van der Waals surface area (Å²) in [6.45, 7) is -0.215. The van der Waals surface area contributed by atoms with E-state index in [0.717, 1.165) is 6.07 Å². The first-order valence-electron chi connectivity index (χ1n) is 11.7. The summed E-state index contributed by atoms with van der Waals surface area (Å²) in [5, 5.41) is 59.0. The van der Waals surface area contributed by atoms with Gasteiger partial charge < -0.3 is 40.1 Å². The number of carboxylic acid groups (broad SMARTS) is 2. The molecule has 3 aromatic carbocycles. The van der Waals surface area contributed by atoms with Gasteiger partial charge in [0.15, 0.2) is 17.5 Å². The van der Waals surface area contributed by atoms with Crippen molar-refractivity contribution in [3.05, 3.63) is 54.6 Å². The van der Waals surface area contributed by atoms with E-state index < -0.39 is 11.9 Å². The molecule has 0 spiro atoms. The van der Waals surface area contributed by atoms with E-state index in [-0.39, 0.29) is 197 Å². The van der Waals surface area contributed by atoms with Crippen LogP contribution in [0, 0.1) is 0 Å². The number of phenols is 4. The van der Waals surface area contributed by atoms with Crippen molar-refractivity contribution in [2.75, 3.05) is 13.2 Å². The van der Waals surface area contributed by atoms with Crippen molar-refractivity contribution in [2.45, 2.75) is 12.8 Å². The minimum absolute atomic E-state index is 0. The minimum atomic E-state index is -1.04. The molecule has 0 saturated carbocycles. The first-order chi connectivity index (χ1) is 19.1. The summed E-state index contributed by atoms with van der Waals surface area (Å²) < 4.78 is 10.7. The zero-order valence-electron chi connectivity index (χ0n) is 20.7. The van der Waals surface area contributed by atoms with Gasteiger partial charge in [0.25, 0.3) is 0 Å². The molecule has 0 saturated heterocycles. The molecule has 42 heavy (non-hydrogen) atoms. The van der Waals surface area contributed by atoms with Gasteiger partial charge in [-0.2, -0.15) is 0 Å². The van der Waals surface area contributed by atoms with Crippen LogP contribution in [0.25, 0.3) is 34.2 Å². The van der Waals surface area contributed by atoms with Crippen LogP contribution in [0.2, 0.25) is 0 Å². The zero-order valence-corrected chi connectivity index (χ0v) is 20.7. The topological polar surface area (TPSA) is 213 Å². The van der Waals surface area contributed by atoms with Crippen molar-refractivity contribution < 1.29 is 49.7 Å². The predicted molar refractivity (Wildman–Crippen MR) is 153 cm³/mol. The normalized spacial score (nSPS) is 10.2. The van der Waals surface area contributed by atoms with Crippen LogP contribution >= 0.6 is 0 Å². The quantitative estimate of drug-likeness (QED) is 0.131. The number of nitrogens with zero attached hydrogens (tertiary/aromatic N) is 3. The number of carboxylic acids is 2. The fourth-order valence-corrected chi connectivity index (χ4v) is 3.54. The third-order valence-electron chi connectivity index (χ3n) is 5.45. The standard InChI is InChI=1S/C27H23N3O10.2K.2H/c31-14-1-4-17(20(32)11-14)25-28-26(18-5-2-15(12-21(18)33)39-9-7-23(35)36)30-27(29-25)19-6-3-16(13-22(19)34)40-10-8-24(37)38;;;;/h1-6,11-13,31-34H,7-10H2,(H,35,36)(H,37,38);;;;. The van der Waals surface area contributed by atoms with Crippen molar-refractivity contribution in [1.29, 1.82) is 0 Å². The van der Waals surface area contributed by atoms with Gasteiger partial charge in [0.05, 0.1) is 42.7 Å². The molecule has 0 fully saturated rings. The zero-order chi connectivity index (χ0) is 28.8. The maximum atomic E-state index is 10.7. The molecule has 0 aliphatic heterocycles. The van der Waals surface area contributed by atoms with Crippen LogP contribution in [-0.4, -0.2) is 174 Å². The molecular weight excluding hydrogens is 605 g/mol. The van der Waals surface area contributed by atoms with Crippen LogP contribution in [0.1, 0.15) is 12.8 Å². The number of carbonyl (C=O) groups is 2. The molecule has 0 amide bonds. The molecule has 1 heterocycles. The third kappa shape index (κ3) is 9.60. The van der Waals surface area contributed by atoms with Gasteiger partial charge in [-0.1, -0.05) is 0 Å². The fourth-order valence-electron chi connectivity index (χ4n) is 3.54. The Morgan fingerprint density at radius 1 is 0.571 bits per heavy atom. The Kier molecular flexibility index (Phi) is 14.1. The van der Waals surface area contributed by atoms with Crippen molar-refractivity contribution in [2.24, 2.45) is 0 Å². The van der Waals surface area contributed by atoms with Crippen LogP contribution in [-0.2, 0) is 9.59 Å². The van der Waals surface area contributed by atoms with E-state index in [2.05, 4.69) is 15.0 Å². The molecular formula is C27H25K2N3O10. The number of rotatable bonds is 11. The van der Waals surface area contributed by atoms with Gasteiger partial charge in [0, 0.05) is 18.2 Å². The summed E-state index contributed by atoms with van der Waals surface area (Å²) >= 11 is 0. The number of aromatic hydroxyl groups is 4. The Balaban J connectivity index is 0.00000308. The molecule has 0 bridgehead atoms. The molecule has 0 aliphatic rings. The van der Waals surface area contributed by atoms with Crippen molar-refractivity contribution >= 4 is 115 Å². The summed E-state index contributed by atoms with van der Waals surface area (Å²) in [5.74, 6) is -2.88. The average Bonchev–Trinajstić information content (AvgIpc) is 2.88. The number of benzene rings is 3. The molecule has 1 aromatic heterocycles. The van der Waals surface area contributed by atoms with E-state index in [1.165, 1.54) is 48.5 Å². The van der Waals surface area contributed by atoms with Crippen molar-refractivity contribution in [1.82, 2.24) is 15.0 Å². The van der Waals surface area contributed by atoms with Crippen LogP contribution < -0.4 is 9.47 Å². The Morgan fingerprint density at radius 3 is 1.26 bits per heavy atom. The Bertz CT molecular complexity index is 1500. The van der Waals surface area contributed by atoms with Crippen molar-refractivity contribution in [3.63, 3.8) is 0 Å². The van der Waals surface area contributed by atoms with Gasteiger partial charge in [0.1, 0.15) is 34.5 Å². The second-order valence-corrected chi connectivity index (χ2v) is 8.35. The van der Waals surface area contributed by atoms with Crippen LogP contribution in [0.4, 0.5) is 0 Å². The third-order valence-corrected chi connectivity index (χ3v) is 5.45. The number of hydrogen-bond donors (Lipinski definition) is 6. The molecule has 0 atom stereocenters. The van der Waals surface area contributed by atoms with Gasteiger partial charge in [-0.05, 0) is 36.4 Å². The van der Waals surface area contributed by atoms with E-state index in [1.54, 1.807) is 0 Å². The van der Waals surface area contributed by atoms with Gasteiger partial charge in [-0.15, -0.1) is 0 Å². The Morgan fingerprint density at radius 2 is 0.929 bits per heavy atom. The molecule has 210 valence electrons. The number of aliphatic carboxylic acids is 2. The first kappa shape index (κ1) is 35.9. The number of hydrogen-bond acceptors (Lipinski definition) is 11. The molecule has 13 nitrogen and oxygen atoms in total. The summed E-state index contributed by atoms with van der Waals surface area (Å²) in [6.07, 6.45) is -0.461. The second kappa shape index (κ2) is 16.5. The van der Waals surface area contributed by atoms with Gasteiger partial charge >= 0.3 is 115 Å². The summed E-state index contributed by atoms with van der Waals surface area (Å²) in [7, 11) is 0. The monoisotopic (exact) mass is 629 g/mol. The number of ether oxygens (including phenoxy) is 2. The Hall–Kier alpha value is -2.32. The number of aromatic nitrogens is 3. The maximum absolute atomic E-state index is 10.7. The van der Waals surface area contributed by atoms with Gasteiger partial charge in [0.2, 0.25) is 0 Å². The van der Waals surface area contributed by atoms with E-state index in [9.17, 15) is 30.0 Å². The molecule has 4 aromatic rings. The van der Waals surface area contributed by atoms with Crippen LogP contribution in [0.3, 0.4) is 0 Å². The molecule has 0 aliphatic carbocycles. The van der Waals surface area contributed by atoms with E-state index in [4.69, 9.17) is 19.7 Å². The molecule has 0 unspecified atom stereocenters. The average molecular weight is 630 g/mol. The fraction of sp³-hybridized carbons (Fsp3) is 0.148. The van der Waals surface area contributed by atoms with E-state index >= 15 is 0 Å². The van der Waals surface area contributed by atoms with Crippen LogP contribution in [0.5, 0.6) is 34.5 Å². The van der Waals surface area contributed by atoms with Gasteiger partial charge in [-0.3, -0.25) is 9.59 Å². The SMILES string of the molecule is O=C(O)CCOc1ccc(-c2nc(-c3ccc(O)cc3O)nc(-c3ccc(OCCC(=O)O)cc3O)n2)c(O)c1.[KH].[KH]. The van der Waals surface area contributed by atoms with Gasteiger partial charge in [-0.25, -0.2) is 15.0 Å². The Labute approximate surface area is 324 Å². The molecule has 0 radical (unpaired) electrons. The molecule has 15 heteroatoms. The first-order valence-corrected chi connectivity index (χ1v) is 11.7. The molecule has 6 N–H and O–H groups in total. The summed E-state index contributed by atoms with van der Waals surface area (Å²) in [5.41, 5.74) is 0.410. The van der Waals surface area contributed by atoms with E-state index in [0.29, 0.717) is 0 Å². The number of phenolic OH excluding ortho intramolecular Hbond substituents is 4. The summed E-state index contributed by atoms with van der Waals surface area (Å²) in [4.78, 5) is 34.6. The molecule has 4 rings (SSSR count). The van der Waals surface area contributed by atoms with Crippen molar-refractivity contribution in [3.8, 4) is 68.7 Å².